The summed E-state index contributed by atoms with van der Waals surface area (Å²) in [5.74, 6) is 0.683. The first-order valence-electron chi connectivity index (χ1n) is 4.82. The van der Waals surface area contributed by atoms with E-state index in [1.54, 1.807) is 18.2 Å². The van der Waals surface area contributed by atoms with Crippen molar-refractivity contribution in [1.29, 1.82) is 5.26 Å². The summed E-state index contributed by atoms with van der Waals surface area (Å²) >= 11 is 5.86. The Morgan fingerprint density at radius 2 is 1.71 bits per heavy atom. The van der Waals surface area contributed by atoms with Gasteiger partial charge in [0.25, 0.3) is 0 Å². The molecule has 2 rings (SSSR count). The van der Waals surface area contributed by atoms with E-state index in [2.05, 4.69) is 0 Å². The van der Waals surface area contributed by atoms with Crippen LogP contribution in [0.25, 0.3) is 0 Å². The molecule has 0 fully saturated rings. The van der Waals surface area contributed by atoms with Gasteiger partial charge in [0, 0.05) is 6.07 Å². The first-order valence-corrected chi connectivity index (χ1v) is 5.20. The van der Waals surface area contributed by atoms with Gasteiger partial charge in [0.1, 0.15) is 23.4 Å². The number of halogens is 2. The number of ether oxygens (including phenoxy) is 1. The standard InChI is InChI=1S/C13H7ClFNO/c14-13-7-12(4-1-9(13)8-16)17-11-5-2-10(15)3-6-11/h1-7H. The van der Waals surface area contributed by atoms with Gasteiger partial charge in [-0.2, -0.15) is 5.26 Å². The summed E-state index contributed by atoms with van der Waals surface area (Å²) in [6.07, 6.45) is 0. The summed E-state index contributed by atoms with van der Waals surface area (Å²) in [5, 5.41) is 9.04. The van der Waals surface area contributed by atoms with Crippen molar-refractivity contribution in [3.63, 3.8) is 0 Å². The Labute approximate surface area is 103 Å². The lowest BCUT2D eigenvalue weighted by Crippen LogP contribution is -1.85. The molecule has 2 nitrogen and oxygen atoms in total. The van der Waals surface area contributed by atoms with Crippen LogP contribution in [0.5, 0.6) is 11.5 Å². The molecule has 0 aromatic heterocycles. The number of hydrogen-bond donors (Lipinski definition) is 0. The van der Waals surface area contributed by atoms with Crippen molar-refractivity contribution in [1.82, 2.24) is 0 Å². The molecule has 0 unspecified atom stereocenters. The molecule has 84 valence electrons. The Hall–Kier alpha value is -2.05. The molecule has 0 N–H and O–H groups in total. The van der Waals surface area contributed by atoms with Crippen LogP contribution in [-0.4, -0.2) is 0 Å². The Kier molecular flexibility index (Phi) is 3.27. The summed E-state index contributed by atoms with van der Waals surface area (Å²) in [4.78, 5) is 0. The van der Waals surface area contributed by atoms with Gasteiger partial charge in [0.15, 0.2) is 0 Å². The molecule has 0 radical (unpaired) electrons. The van der Waals surface area contributed by atoms with Gasteiger partial charge in [-0.25, -0.2) is 4.39 Å². The second-order valence-electron chi connectivity index (χ2n) is 3.31. The van der Waals surface area contributed by atoms with E-state index >= 15 is 0 Å². The molecular formula is C13H7ClFNO. The van der Waals surface area contributed by atoms with Crippen molar-refractivity contribution in [3.05, 3.63) is 58.9 Å². The van der Waals surface area contributed by atoms with E-state index in [1.807, 2.05) is 6.07 Å². The van der Waals surface area contributed by atoms with Crippen LogP contribution >= 0.6 is 11.6 Å². The van der Waals surface area contributed by atoms with Crippen molar-refractivity contribution in [2.75, 3.05) is 0 Å². The van der Waals surface area contributed by atoms with Gasteiger partial charge in [-0.05, 0) is 36.4 Å². The molecule has 0 amide bonds. The van der Waals surface area contributed by atoms with E-state index in [0.717, 1.165) is 0 Å². The lowest BCUT2D eigenvalue weighted by molar-refractivity contribution is 0.480. The molecule has 17 heavy (non-hydrogen) atoms. The Balaban J connectivity index is 2.22. The summed E-state index contributed by atoms with van der Waals surface area (Å²) < 4.78 is 18.1. The largest absolute Gasteiger partial charge is 0.457 e. The monoisotopic (exact) mass is 247 g/mol. The van der Waals surface area contributed by atoms with Crippen LogP contribution in [0.4, 0.5) is 4.39 Å². The van der Waals surface area contributed by atoms with Gasteiger partial charge in [-0.1, -0.05) is 11.6 Å². The van der Waals surface area contributed by atoms with Crippen molar-refractivity contribution in [3.8, 4) is 17.6 Å². The minimum Gasteiger partial charge on any atom is -0.457 e. The summed E-state index contributed by atoms with van der Waals surface area (Å²) in [7, 11) is 0. The smallest absolute Gasteiger partial charge is 0.129 e. The summed E-state index contributed by atoms with van der Waals surface area (Å²) in [6.45, 7) is 0. The third kappa shape index (κ3) is 2.74. The molecule has 0 bridgehead atoms. The van der Waals surface area contributed by atoms with Crippen LogP contribution in [0, 0.1) is 17.1 Å². The van der Waals surface area contributed by atoms with Gasteiger partial charge in [-0.3, -0.25) is 0 Å². The molecule has 2 aromatic carbocycles. The van der Waals surface area contributed by atoms with E-state index in [0.29, 0.717) is 22.1 Å². The zero-order chi connectivity index (χ0) is 12.3. The van der Waals surface area contributed by atoms with Crippen LogP contribution in [0.1, 0.15) is 5.56 Å². The van der Waals surface area contributed by atoms with Crippen LogP contribution < -0.4 is 4.74 Å². The maximum atomic E-state index is 12.7. The third-order valence-electron chi connectivity index (χ3n) is 2.11. The van der Waals surface area contributed by atoms with E-state index < -0.39 is 0 Å². The number of benzene rings is 2. The van der Waals surface area contributed by atoms with E-state index in [1.165, 1.54) is 24.3 Å². The second-order valence-corrected chi connectivity index (χ2v) is 3.72. The molecule has 0 heterocycles. The van der Waals surface area contributed by atoms with Crippen molar-refractivity contribution >= 4 is 11.6 Å². The molecule has 0 atom stereocenters. The lowest BCUT2D eigenvalue weighted by Gasteiger charge is -2.06. The van der Waals surface area contributed by atoms with Crippen LogP contribution in [-0.2, 0) is 0 Å². The lowest BCUT2D eigenvalue weighted by atomic mass is 10.2. The Morgan fingerprint density at radius 3 is 2.29 bits per heavy atom. The zero-order valence-corrected chi connectivity index (χ0v) is 9.41. The molecule has 4 heteroatoms. The average molecular weight is 248 g/mol. The fourth-order valence-electron chi connectivity index (χ4n) is 1.29. The van der Waals surface area contributed by atoms with Gasteiger partial charge in [0.05, 0.1) is 10.6 Å². The molecule has 0 aliphatic rings. The number of hydrogen-bond acceptors (Lipinski definition) is 2. The predicted molar refractivity (Wildman–Crippen MR) is 62.6 cm³/mol. The van der Waals surface area contributed by atoms with Gasteiger partial charge in [-0.15, -0.1) is 0 Å². The van der Waals surface area contributed by atoms with Crippen LogP contribution in [0.2, 0.25) is 5.02 Å². The summed E-state index contributed by atoms with van der Waals surface area (Å²) in [6, 6.07) is 12.3. The topological polar surface area (TPSA) is 33.0 Å². The van der Waals surface area contributed by atoms with Gasteiger partial charge in [0.2, 0.25) is 0 Å². The van der Waals surface area contributed by atoms with Crippen molar-refractivity contribution in [2.45, 2.75) is 0 Å². The highest BCUT2D eigenvalue weighted by Gasteiger charge is 2.03. The predicted octanol–water partition coefficient (Wildman–Crippen LogP) is 4.14. The zero-order valence-electron chi connectivity index (χ0n) is 8.65. The quantitative estimate of drug-likeness (QED) is 0.799. The van der Waals surface area contributed by atoms with Crippen LogP contribution in [0.3, 0.4) is 0 Å². The number of nitrogens with zero attached hydrogens (tertiary/aromatic N) is 1. The molecule has 0 spiro atoms. The molecule has 2 aromatic rings. The van der Waals surface area contributed by atoms with E-state index in [4.69, 9.17) is 21.6 Å². The van der Waals surface area contributed by atoms with Crippen molar-refractivity contribution < 1.29 is 9.13 Å². The van der Waals surface area contributed by atoms with Crippen LogP contribution in [0.15, 0.2) is 42.5 Å². The Bertz CT molecular complexity index is 575. The molecule has 0 saturated carbocycles. The third-order valence-corrected chi connectivity index (χ3v) is 2.42. The van der Waals surface area contributed by atoms with Gasteiger partial charge >= 0.3 is 0 Å². The minimum absolute atomic E-state index is 0.324. The highest BCUT2D eigenvalue weighted by Crippen LogP contribution is 2.26. The first-order chi connectivity index (χ1) is 8.19. The maximum absolute atomic E-state index is 12.7. The first kappa shape index (κ1) is 11.4. The van der Waals surface area contributed by atoms with E-state index in [9.17, 15) is 4.39 Å². The maximum Gasteiger partial charge on any atom is 0.129 e. The molecule has 0 aliphatic heterocycles. The fraction of sp³-hybridized carbons (Fsp3) is 0. The second kappa shape index (κ2) is 4.86. The van der Waals surface area contributed by atoms with Crippen molar-refractivity contribution in [2.24, 2.45) is 0 Å². The highest BCUT2D eigenvalue weighted by molar-refractivity contribution is 6.31. The Morgan fingerprint density at radius 1 is 1.06 bits per heavy atom. The average Bonchev–Trinajstić information content (AvgIpc) is 2.32. The fourth-order valence-corrected chi connectivity index (χ4v) is 1.50. The summed E-state index contributed by atoms with van der Waals surface area (Å²) in [5.41, 5.74) is 0.387. The molecular weight excluding hydrogens is 241 g/mol. The molecule has 0 saturated heterocycles. The SMILES string of the molecule is N#Cc1ccc(Oc2ccc(F)cc2)cc1Cl. The minimum atomic E-state index is -0.324. The van der Waals surface area contributed by atoms with Gasteiger partial charge < -0.3 is 4.74 Å². The van der Waals surface area contributed by atoms with E-state index in [-0.39, 0.29) is 5.82 Å². The molecule has 0 aliphatic carbocycles. The highest BCUT2D eigenvalue weighted by atomic mass is 35.5. The number of nitriles is 1. The number of rotatable bonds is 2. The normalized spacial score (nSPS) is 9.71.